The molecule has 1 N–H and O–H groups in total. The number of methoxy groups -OCH3 is 1. The number of hydrogen-bond acceptors (Lipinski definition) is 6. The van der Waals surface area contributed by atoms with Crippen LogP contribution in [0.25, 0.3) is 0 Å². The molecule has 0 aliphatic heterocycles. The summed E-state index contributed by atoms with van der Waals surface area (Å²) in [6, 6.07) is 19.2. The van der Waals surface area contributed by atoms with Crippen molar-refractivity contribution in [2.24, 2.45) is 0 Å². The lowest BCUT2D eigenvalue weighted by molar-refractivity contribution is 0.0601. The van der Waals surface area contributed by atoms with Gasteiger partial charge in [-0.15, -0.1) is 0 Å². The minimum Gasteiger partial charge on any atom is -0.465 e. The summed E-state index contributed by atoms with van der Waals surface area (Å²) < 4.78 is 4.72. The van der Waals surface area contributed by atoms with Crippen LogP contribution in [0.5, 0.6) is 0 Å². The normalized spacial score (nSPS) is 10.3. The molecule has 0 aliphatic carbocycles. The van der Waals surface area contributed by atoms with E-state index >= 15 is 0 Å². The maximum absolute atomic E-state index is 11.5. The van der Waals surface area contributed by atoms with Gasteiger partial charge >= 0.3 is 5.97 Å². The second-order valence-electron chi connectivity index (χ2n) is 6.19. The second kappa shape index (κ2) is 8.31. The van der Waals surface area contributed by atoms with Gasteiger partial charge in [0.25, 0.3) is 0 Å². The number of benzene rings is 2. The lowest BCUT2D eigenvalue weighted by Crippen LogP contribution is -2.18. The molecular formula is C21H22N4O2. The first-order chi connectivity index (χ1) is 13.0. The maximum atomic E-state index is 11.5. The number of carbonyl (C=O) groups excluding carboxylic acids is 1. The molecule has 0 saturated heterocycles. The Labute approximate surface area is 158 Å². The fourth-order valence-corrected chi connectivity index (χ4v) is 2.71. The molecule has 0 unspecified atom stereocenters. The predicted molar refractivity (Wildman–Crippen MR) is 106 cm³/mol. The highest BCUT2D eigenvalue weighted by Crippen LogP contribution is 2.21. The number of aromatic nitrogens is 2. The van der Waals surface area contributed by atoms with E-state index in [2.05, 4.69) is 32.3 Å². The number of aryl methyl sites for hydroxylation is 1. The molecule has 0 atom stereocenters. The Bertz CT molecular complexity index is 911. The molecule has 6 nitrogen and oxygen atoms in total. The first-order valence-electron chi connectivity index (χ1n) is 8.61. The molecule has 1 heterocycles. The van der Waals surface area contributed by atoms with Crippen molar-refractivity contribution in [2.45, 2.75) is 13.5 Å². The zero-order chi connectivity index (χ0) is 19.2. The van der Waals surface area contributed by atoms with Crippen LogP contribution < -0.4 is 10.2 Å². The molecule has 0 saturated carbocycles. The zero-order valence-electron chi connectivity index (χ0n) is 15.6. The summed E-state index contributed by atoms with van der Waals surface area (Å²) in [4.78, 5) is 22.6. The van der Waals surface area contributed by atoms with Gasteiger partial charge in [-0.2, -0.15) is 0 Å². The molecule has 3 aromatic rings. The minimum atomic E-state index is -0.357. The van der Waals surface area contributed by atoms with Crippen molar-refractivity contribution in [2.75, 3.05) is 24.4 Å². The van der Waals surface area contributed by atoms with Gasteiger partial charge in [-0.3, -0.25) is 0 Å². The van der Waals surface area contributed by atoms with Gasteiger partial charge in [-0.1, -0.05) is 30.3 Å². The average Bonchev–Trinajstić information content (AvgIpc) is 2.68. The van der Waals surface area contributed by atoms with Crippen LogP contribution in [-0.2, 0) is 11.3 Å². The van der Waals surface area contributed by atoms with Crippen molar-refractivity contribution in [1.29, 1.82) is 0 Å². The third-order valence-corrected chi connectivity index (χ3v) is 4.06. The molecule has 1 aromatic heterocycles. The van der Waals surface area contributed by atoms with Crippen molar-refractivity contribution in [3.8, 4) is 0 Å². The van der Waals surface area contributed by atoms with Crippen LogP contribution in [0.3, 0.4) is 0 Å². The van der Waals surface area contributed by atoms with E-state index in [1.807, 2.05) is 50.4 Å². The fourth-order valence-electron chi connectivity index (χ4n) is 2.71. The minimum absolute atomic E-state index is 0.357. The Morgan fingerprint density at radius 2 is 1.78 bits per heavy atom. The van der Waals surface area contributed by atoms with E-state index in [9.17, 15) is 4.79 Å². The van der Waals surface area contributed by atoms with Crippen LogP contribution in [0.15, 0.2) is 60.7 Å². The molecule has 0 aliphatic rings. The quantitative estimate of drug-likeness (QED) is 0.670. The predicted octanol–water partition coefficient (Wildman–Crippen LogP) is 3.95. The van der Waals surface area contributed by atoms with E-state index in [-0.39, 0.29) is 5.97 Å². The molecule has 2 aromatic carbocycles. The van der Waals surface area contributed by atoms with Gasteiger partial charge in [0.15, 0.2) is 0 Å². The first kappa shape index (κ1) is 18.4. The summed E-state index contributed by atoms with van der Waals surface area (Å²) in [6.45, 7) is 2.62. The molecule has 0 radical (unpaired) electrons. The van der Waals surface area contributed by atoms with Crippen LogP contribution in [-0.4, -0.2) is 30.1 Å². The number of nitrogens with one attached hydrogen (secondary N) is 1. The Morgan fingerprint density at radius 3 is 2.44 bits per heavy atom. The summed E-state index contributed by atoms with van der Waals surface area (Å²) in [5.74, 6) is 1.86. The van der Waals surface area contributed by atoms with Gasteiger partial charge in [0.1, 0.15) is 17.5 Å². The van der Waals surface area contributed by atoms with Crippen molar-refractivity contribution in [3.05, 3.63) is 77.6 Å². The van der Waals surface area contributed by atoms with E-state index in [1.165, 1.54) is 12.7 Å². The molecule has 138 valence electrons. The molecular weight excluding hydrogens is 340 g/mol. The van der Waals surface area contributed by atoms with Crippen LogP contribution in [0.2, 0.25) is 0 Å². The summed E-state index contributed by atoms with van der Waals surface area (Å²) in [6.07, 6.45) is 0. The van der Waals surface area contributed by atoms with Gasteiger partial charge in [-0.05, 0) is 36.8 Å². The van der Waals surface area contributed by atoms with Crippen molar-refractivity contribution < 1.29 is 9.53 Å². The van der Waals surface area contributed by atoms with E-state index in [0.29, 0.717) is 17.2 Å². The van der Waals surface area contributed by atoms with E-state index < -0.39 is 0 Å². The van der Waals surface area contributed by atoms with Crippen LogP contribution in [0, 0.1) is 6.92 Å². The molecule has 27 heavy (non-hydrogen) atoms. The topological polar surface area (TPSA) is 67.3 Å². The van der Waals surface area contributed by atoms with Gasteiger partial charge in [0.05, 0.1) is 12.7 Å². The summed E-state index contributed by atoms with van der Waals surface area (Å²) >= 11 is 0. The van der Waals surface area contributed by atoms with Crippen LogP contribution in [0.4, 0.5) is 17.3 Å². The zero-order valence-corrected chi connectivity index (χ0v) is 15.6. The number of anilines is 3. The Hall–Kier alpha value is -3.41. The van der Waals surface area contributed by atoms with E-state index in [4.69, 9.17) is 4.74 Å². The fraction of sp³-hybridized carbons (Fsp3) is 0.190. The third kappa shape index (κ3) is 4.82. The number of nitrogens with zero attached hydrogens (tertiary/aromatic N) is 3. The van der Waals surface area contributed by atoms with Gasteiger partial charge in [-0.25, -0.2) is 14.8 Å². The number of carbonyl (C=O) groups is 1. The molecule has 0 fully saturated rings. The molecule has 6 heteroatoms. The number of hydrogen-bond donors (Lipinski definition) is 1. The van der Waals surface area contributed by atoms with Gasteiger partial charge in [0.2, 0.25) is 0 Å². The third-order valence-electron chi connectivity index (χ3n) is 4.06. The highest BCUT2D eigenvalue weighted by Gasteiger charge is 2.09. The van der Waals surface area contributed by atoms with Gasteiger partial charge in [0, 0.05) is 25.3 Å². The summed E-state index contributed by atoms with van der Waals surface area (Å²) in [5, 5.41) is 3.26. The molecule has 3 rings (SSSR count). The summed E-state index contributed by atoms with van der Waals surface area (Å²) in [5.41, 5.74) is 2.55. The number of rotatable bonds is 6. The smallest absolute Gasteiger partial charge is 0.337 e. The van der Waals surface area contributed by atoms with E-state index in [0.717, 1.165) is 18.1 Å². The Balaban J connectivity index is 1.76. The highest BCUT2D eigenvalue weighted by atomic mass is 16.5. The molecule has 0 amide bonds. The molecule has 0 spiro atoms. The lowest BCUT2D eigenvalue weighted by Gasteiger charge is -2.19. The molecule has 0 bridgehead atoms. The van der Waals surface area contributed by atoms with Gasteiger partial charge < -0.3 is 15.0 Å². The van der Waals surface area contributed by atoms with Crippen LogP contribution in [0.1, 0.15) is 21.7 Å². The van der Waals surface area contributed by atoms with Crippen molar-refractivity contribution >= 4 is 23.3 Å². The van der Waals surface area contributed by atoms with Crippen LogP contribution >= 0.6 is 0 Å². The first-order valence-corrected chi connectivity index (χ1v) is 8.61. The monoisotopic (exact) mass is 362 g/mol. The summed E-state index contributed by atoms with van der Waals surface area (Å²) in [7, 11) is 3.37. The van der Waals surface area contributed by atoms with Crippen molar-refractivity contribution in [1.82, 2.24) is 9.97 Å². The second-order valence-corrected chi connectivity index (χ2v) is 6.19. The lowest BCUT2D eigenvalue weighted by atomic mass is 10.2. The number of esters is 1. The highest BCUT2D eigenvalue weighted by molar-refractivity contribution is 5.89. The Kier molecular flexibility index (Phi) is 5.66. The van der Waals surface area contributed by atoms with Crippen molar-refractivity contribution in [3.63, 3.8) is 0 Å². The largest absolute Gasteiger partial charge is 0.465 e. The SMILES string of the molecule is COC(=O)c1ccc(Nc2cc(N(C)Cc3ccccc3)nc(C)n2)cc1. The maximum Gasteiger partial charge on any atom is 0.337 e. The Morgan fingerprint density at radius 1 is 1.07 bits per heavy atom. The standard InChI is InChI=1S/C21H22N4O2/c1-15-22-19(24-18-11-9-17(10-12-18)21(26)27-3)13-20(23-15)25(2)14-16-7-5-4-6-8-16/h4-13H,14H2,1-3H3,(H,22,23,24). The average molecular weight is 362 g/mol. The number of ether oxygens (including phenoxy) is 1. The van der Waals surface area contributed by atoms with E-state index in [1.54, 1.807) is 12.1 Å².